The molecule has 0 bridgehead atoms. The quantitative estimate of drug-likeness (QED) is 0.523. The predicted octanol–water partition coefficient (Wildman–Crippen LogP) is 1.86. The van der Waals surface area contributed by atoms with Crippen LogP contribution in [0.25, 0.3) is 0 Å². The van der Waals surface area contributed by atoms with Crippen molar-refractivity contribution in [1.82, 2.24) is 15.4 Å². The fraction of sp³-hybridized carbons (Fsp3) is 0.263. The molecule has 9 heteroatoms. The Morgan fingerprint density at radius 3 is 2.25 bits per heavy atom. The van der Waals surface area contributed by atoms with E-state index in [1.807, 2.05) is 31.2 Å². The highest BCUT2D eigenvalue weighted by molar-refractivity contribution is 9.10. The minimum Gasteiger partial charge on any atom is -0.348 e. The van der Waals surface area contributed by atoms with E-state index in [0.29, 0.717) is 5.56 Å². The zero-order valence-corrected chi connectivity index (χ0v) is 17.7. The van der Waals surface area contributed by atoms with E-state index in [1.54, 1.807) is 30.3 Å². The summed E-state index contributed by atoms with van der Waals surface area (Å²) in [6, 6.07) is 16.0. The molecule has 2 aromatic rings. The average molecular weight is 468 g/mol. The van der Waals surface area contributed by atoms with Gasteiger partial charge in [-0.25, -0.2) is 13.1 Å². The van der Waals surface area contributed by atoms with E-state index < -0.39 is 22.5 Å². The Kier molecular flexibility index (Phi) is 8.16. The van der Waals surface area contributed by atoms with Crippen molar-refractivity contribution in [2.75, 3.05) is 13.1 Å². The minimum atomic E-state index is -3.64. The van der Waals surface area contributed by atoms with E-state index in [2.05, 4.69) is 31.3 Å². The maximum Gasteiger partial charge on any atom is 0.239 e. The zero-order valence-electron chi connectivity index (χ0n) is 15.3. The number of hydrogen-bond acceptors (Lipinski definition) is 4. The third-order valence-electron chi connectivity index (χ3n) is 3.85. The summed E-state index contributed by atoms with van der Waals surface area (Å²) in [5, 5.41) is 5.17. The number of halogens is 1. The van der Waals surface area contributed by atoms with Gasteiger partial charge in [0.05, 0.1) is 24.9 Å². The van der Waals surface area contributed by atoms with Crippen LogP contribution in [0.4, 0.5) is 0 Å². The van der Waals surface area contributed by atoms with E-state index in [9.17, 15) is 18.0 Å². The second-order valence-electron chi connectivity index (χ2n) is 6.18. The Bertz CT molecular complexity index is 903. The van der Waals surface area contributed by atoms with Crippen LogP contribution < -0.4 is 15.4 Å². The molecular formula is C19H22BrN3O4S. The number of nitrogens with one attached hydrogen (secondary N) is 3. The molecule has 0 saturated carbocycles. The second-order valence-corrected chi connectivity index (χ2v) is 8.91. The van der Waals surface area contributed by atoms with Gasteiger partial charge in [-0.05, 0) is 30.2 Å². The van der Waals surface area contributed by atoms with Gasteiger partial charge in [-0.2, -0.15) is 0 Å². The number of carbonyl (C=O) groups is 2. The summed E-state index contributed by atoms with van der Waals surface area (Å²) in [4.78, 5) is 23.8. The Labute approximate surface area is 173 Å². The number of hydrogen-bond donors (Lipinski definition) is 3. The number of rotatable bonds is 9. The predicted molar refractivity (Wildman–Crippen MR) is 111 cm³/mol. The fourth-order valence-corrected chi connectivity index (χ4v) is 3.74. The Morgan fingerprint density at radius 1 is 0.964 bits per heavy atom. The highest BCUT2D eigenvalue weighted by atomic mass is 79.9. The molecule has 0 radical (unpaired) electrons. The molecule has 0 unspecified atom stereocenters. The third kappa shape index (κ3) is 7.79. The maximum absolute atomic E-state index is 12.0. The van der Waals surface area contributed by atoms with Crippen LogP contribution in [0, 0.1) is 0 Å². The zero-order chi connectivity index (χ0) is 20.6. The van der Waals surface area contributed by atoms with Gasteiger partial charge in [-0.3, -0.25) is 9.59 Å². The van der Waals surface area contributed by atoms with Gasteiger partial charge < -0.3 is 10.6 Å². The number of amides is 2. The summed E-state index contributed by atoms with van der Waals surface area (Å²) in [5.74, 6) is -1.16. The van der Waals surface area contributed by atoms with Crippen molar-refractivity contribution in [1.29, 1.82) is 0 Å². The van der Waals surface area contributed by atoms with Gasteiger partial charge in [0.15, 0.2) is 0 Å². The van der Waals surface area contributed by atoms with Gasteiger partial charge in [-0.15, -0.1) is 0 Å². The topological polar surface area (TPSA) is 104 Å². The highest BCUT2D eigenvalue weighted by Gasteiger charge is 2.14. The summed E-state index contributed by atoms with van der Waals surface area (Å²) in [6.45, 7) is 1.17. The van der Waals surface area contributed by atoms with Crippen LogP contribution in [-0.2, 0) is 25.4 Å². The van der Waals surface area contributed by atoms with E-state index in [-0.39, 0.29) is 24.2 Å². The van der Waals surface area contributed by atoms with E-state index in [4.69, 9.17) is 0 Å². The largest absolute Gasteiger partial charge is 0.348 e. The van der Waals surface area contributed by atoms with Crippen molar-refractivity contribution in [3.8, 4) is 0 Å². The van der Waals surface area contributed by atoms with Gasteiger partial charge >= 0.3 is 0 Å². The lowest BCUT2D eigenvalue weighted by atomic mass is 10.1. The molecule has 28 heavy (non-hydrogen) atoms. The van der Waals surface area contributed by atoms with Crippen LogP contribution in [0.3, 0.4) is 0 Å². The van der Waals surface area contributed by atoms with Crippen LogP contribution >= 0.6 is 15.9 Å². The van der Waals surface area contributed by atoms with Gasteiger partial charge in [-0.1, -0.05) is 58.4 Å². The molecule has 0 heterocycles. The molecule has 3 N–H and O–H groups in total. The van der Waals surface area contributed by atoms with Crippen molar-refractivity contribution in [3.63, 3.8) is 0 Å². The first-order chi connectivity index (χ1) is 13.2. The molecule has 2 amide bonds. The molecule has 0 fully saturated rings. The number of benzene rings is 2. The maximum atomic E-state index is 12.0. The molecule has 1 atom stereocenters. The monoisotopic (exact) mass is 467 g/mol. The van der Waals surface area contributed by atoms with E-state index in [1.165, 1.54) is 0 Å². The smallest absolute Gasteiger partial charge is 0.239 e. The first-order valence-electron chi connectivity index (χ1n) is 8.58. The van der Waals surface area contributed by atoms with Crippen molar-refractivity contribution in [3.05, 3.63) is 70.2 Å². The van der Waals surface area contributed by atoms with Crippen molar-refractivity contribution >= 4 is 37.8 Å². The molecule has 150 valence electrons. The summed E-state index contributed by atoms with van der Waals surface area (Å²) < 4.78 is 27.2. The van der Waals surface area contributed by atoms with Gasteiger partial charge in [0.25, 0.3) is 0 Å². The molecule has 2 aromatic carbocycles. The lowest BCUT2D eigenvalue weighted by Gasteiger charge is -2.15. The fourth-order valence-electron chi connectivity index (χ4n) is 2.39. The normalized spacial score (nSPS) is 12.2. The molecule has 0 aromatic heterocycles. The molecular weight excluding hydrogens is 446 g/mol. The standard InChI is InChI=1S/C19H22BrN3O4S/c1-14(16-7-9-17(20)10-8-16)23-19(25)11-21-18(24)12-22-28(26,27)13-15-5-3-2-4-6-15/h2-10,14,22H,11-13H2,1H3,(H,21,24)(H,23,25)/t14-/m0/s1. The Balaban J connectivity index is 1.72. The van der Waals surface area contributed by atoms with E-state index in [0.717, 1.165) is 10.0 Å². The van der Waals surface area contributed by atoms with Crippen LogP contribution in [0.5, 0.6) is 0 Å². The summed E-state index contributed by atoms with van der Waals surface area (Å²) in [5.41, 5.74) is 1.55. The molecule has 0 spiro atoms. The van der Waals surface area contributed by atoms with Gasteiger partial charge in [0.2, 0.25) is 21.8 Å². The molecule has 0 saturated heterocycles. The van der Waals surface area contributed by atoms with Crippen molar-refractivity contribution in [2.24, 2.45) is 0 Å². The lowest BCUT2D eigenvalue weighted by Crippen LogP contribution is -2.42. The third-order valence-corrected chi connectivity index (χ3v) is 5.67. The molecule has 0 aliphatic heterocycles. The highest BCUT2D eigenvalue weighted by Crippen LogP contribution is 2.16. The lowest BCUT2D eigenvalue weighted by molar-refractivity contribution is -0.125. The molecule has 2 rings (SSSR count). The summed E-state index contributed by atoms with van der Waals surface area (Å²) in [6.07, 6.45) is 0. The van der Waals surface area contributed by atoms with E-state index >= 15 is 0 Å². The van der Waals surface area contributed by atoms with Gasteiger partial charge in [0.1, 0.15) is 0 Å². The van der Waals surface area contributed by atoms with Crippen molar-refractivity contribution in [2.45, 2.75) is 18.7 Å². The van der Waals surface area contributed by atoms with Crippen LogP contribution in [-0.4, -0.2) is 33.3 Å². The number of carbonyl (C=O) groups excluding carboxylic acids is 2. The van der Waals surface area contributed by atoms with Gasteiger partial charge in [0, 0.05) is 4.47 Å². The molecule has 0 aliphatic carbocycles. The second kappa shape index (κ2) is 10.4. The van der Waals surface area contributed by atoms with Crippen LogP contribution in [0.2, 0.25) is 0 Å². The Morgan fingerprint density at radius 2 is 1.61 bits per heavy atom. The number of sulfonamides is 1. The summed E-state index contributed by atoms with van der Waals surface area (Å²) >= 11 is 3.35. The SMILES string of the molecule is C[C@H](NC(=O)CNC(=O)CNS(=O)(=O)Cc1ccccc1)c1ccc(Br)cc1. The first-order valence-corrected chi connectivity index (χ1v) is 11.0. The average Bonchev–Trinajstić information content (AvgIpc) is 2.66. The minimum absolute atomic E-state index is 0.216. The van der Waals surface area contributed by atoms with Crippen LogP contribution in [0.1, 0.15) is 24.1 Å². The first kappa shape index (κ1) is 22.1. The molecule has 0 aliphatic rings. The summed E-state index contributed by atoms with van der Waals surface area (Å²) in [7, 11) is -3.64. The molecule has 7 nitrogen and oxygen atoms in total. The Hall–Kier alpha value is -2.23. The van der Waals surface area contributed by atoms with Crippen LogP contribution in [0.15, 0.2) is 59.1 Å². The van der Waals surface area contributed by atoms with Crippen molar-refractivity contribution < 1.29 is 18.0 Å².